The van der Waals surface area contributed by atoms with Crippen molar-refractivity contribution in [1.29, 1.82) is 0 Å². The Hall–Kier alpha value is -0.120. The van der Waals surface area contributed by atoms with Crippen molar-refractivity contribution < 1.29 is 4.74 Å². The molecule has 86 valence electrons. The van der Waals surface area contributed by atoms with Gasteiger partial charge in [-0.2, -0.15) is 0 Å². The molecule has 0 saturated carbocycles. The minimum absolute atomic E-state index is 0.128. The summed E-state index contributed by atoms with van der Waals surface area (Å²) in [7, 11) is 1.74. The van der Waals surface area contributed by atoms with E-state index in [0.717, 1.165) is 26.1 Å². The molecule has 2 N–H and O–H groups in total. The zero-order valence-electron chi connectivity index (χ0n) is 10.3. The Morgan fingerprint density at radius 3 is 2.36 bits per heavy atom. The van der Waals surface area contributed by atoms with E-state index in [9.17, 15) is 0 Å². The Bertz CT molecular complexity index is 143. The number of ether oxygens (including phenoxy) is 1. The fourth-order valence-electron chi connectivity index (χ4n) is 1.45. The molecule has 0 aliphatic rings. The van der Waals surface area contributed by atoms with E-state index in [-0.39, 0.29) is 5.54 Å². The van der Waals surface area contributed by atoms with Gasteiger partial charge in [0.25, 0.3) is 0 Å². The van der Waals surface area contributed by atoms with Crippen LogP contribution >= 0.6 is 0 Å². The molecule has 14 heavy (non-hydrogen) atoms. The monoisotopic (exact) mass is 202 g/mol. The first-order valence-corrected chi connectivity index (χ1v) is 5.42. The summed E-state index contributed by atoms with van der Waals surface area (Å²) in [6.45, 7) is 11.2. The molecular formula is C11H26N2O. The highest BCUT2D eigenvalue weighted by atomic mass is 16.5. The van der Waals surface area contributed by atoms with Crippen LogP contribution < -0.4 is 5.73 Å². The maximum atomic E-state index is 6.02. The first kappa shape index (κ1) is 13.9. The minimum atomic E-state index is -0.128. The summed E-state index contributed by atoms with van der Waals surface area (Å²) in [4.78, 5) is 2.39. The van der Waals surface area contributed by atoms with Crippen molar-refractivity contribution in [3.63, 3.8) is 0 Å². The normalized spacial score (nSPS) is 14.8. The Labute approximate surface area is 88.6 Å². The topological polar surface area (TPSA) is 38.5 Å². The van der Waals surface area contributed by atoms with Crippen molar-refractivity contribution in [2.75, 3.05) is 26.8 Å². The van der Waals surface area contributed by atoms with Crippen LogP contribution in [-0.4, -0.2) is 43.3 Å². The molecule has 0 heterocycles. The van der Waals surface area contributed by atoms with Crippen LogP contribution in [0, 0.1) is 0 Å². The van der Waals surface area contributed by atoms with Gasteiger partial charge in [-0.05, 0) is 27.2 Å². The number of methoxy groups -OCH3 is 1. The highest BCUT2D eigenvalue weighted by Crippen LogP contribution is 2.08. The van der Waals surface area contributed by atoms with Gasteiger partial charge in [0.15, 0.2) is 0 Å². The van der Waals surface area contributed by atoms with Gasteiger partial charge >= 0.3 is 0 Å². The summed E-state index contributed by atoms with van der Waals surface area (Å²) in [6.07, 6.45) is 1.15. The van der Waals surface area contributed by atoms with Gasteiger partial charge in [-0.3, -0.25) is 4.90 Å². The zero-order valence-corrected chi connectivity index (χ0v) is 10.3. The molecular weight excluding hydrogens is 176 g/mol. The number of nitrogens with zero attached hydrogens (tertiary/aromatic N) is 1. The SMILES string of the molecule is CCC(C)N(CCOC)CC(C)(C)N. The predicted octanol–water partition coefficient (Wildman–Crippen LogP) is 1.47. The Kier molecular flexibility index (Phi) is 6.33. The smallest absolute Gasteiger partial charge is 0.0589 e. The fraction of sp³-hybridized carbons (Fsp3) is 1.00. The largest absolute Gasteiger partial charge is 0.383 e. The van der Waals surface area contributed by atoms with Crippen molar-refractivity contribution in [2.45, 2.75) is 45.7 Å². The predicted molar refractivity (Wildman–Crippen MR) is 61.5 cm³/mol. The van der Waals surface area contributed by atoms with E-state index in [1.54, 1.807) is 7.11 Å². The van der Waals surface area contributed by atoms with Crippen LogP contribution in [0.3, 0.4) is 0 Å². The van der Waals surface area contributed by atoms with E-state index in [4.69, 9.17) is 10.5 Å². The molecule has 3 heteroatoms. The van der Waals surface area contributed by atoms with Gasteiger partial charge in [-0.25, -0.2) is 0 Å². The van der Waals surface area contributed by atoms with E-state index in [1.165, 1.54) is 0 Å². The molecule has 0 saturated heterocycles. The second kappa shape index (κ2) is 6.38. The lowest BCUT2D eigenvalue weighted by molar-refractivity contribution is 0.108. The van der Waals surface area contributed by atoms with E-state index in [0.29, 0.717) is 6.04 Å². The molecule has 0 bridgehead atoms. The van der Waals surface area contributed by atoms with Gasteiger partial charge in [-0.1, -0.05) is 6.92 Å². The van der Waals surface area contributed by atoms with Crippen molar-refractivity contribution in [2.24, 2.45) is 5.73 Å². The van der Waals surface area contributed by atoms with E-state index >= 15 is 0 Å². The van der Waals surface area contributed by atoms with Crippen LogP contribution in [0.15, 0.2) is 0 Å². The van der Waals surface area contributed by atoms with Crippen LogP contribution in [0.25, 0.3) is 0 Å². The highest BCUT2D eigenvalue weighted by Gasteiger charge is 2.19. The summed E-state index contributed by atoms with van der Waals surface area (Å²) in [5.74, 6) is 0. The van der Waals surface area contributed by atoms with Crippen LogP contribution in [0.5, 0.6) is 0 Å². The molecule has 0 aromatic carbocycles. The molecule has 1 unspecified atom stereocenters. The highest BCUT2D eigenvalue weighted by molar-refractivity contribution is 4.79. The molecule has 1 atom stereocenters. The number of nitrogens with two attached hydrogens (primary N) is 1. The van der Waals surface area contributed by atoms with Gasteiger partial charge < -0.3 is 10.5 Å². The second-order valence-corrected chi connectivity index (χ2v) is 4.71. The van der Waals surface area contributed by atoms with Crippen molar-refractivity contribution in [3.8, 4) is 0 Å². The van der Waals surface area contributed by atoms with E-state index < -0.39 is 0 Å². The molecule has 0 fully saturated rings. The van der Waals surface area contributed by atoms with E-state index in [1.807, 2.05) is 0 Å². The average Bonchev–Trinajstić information content (AvgIpc) is 2.09. The van der Waals surface area contributed by atoms with Gasteiger partial charge in [0, 0.05) is 31.8 Å². The van der Waals surface area contributed by atoms with Crippen LogP contribution in [0.2, 0.25) is 0 Å². The average molecular weight is 202 g/mol. The lowest BCUT2D eigenvalue weighted by Crippen LogP contribution is -2.49. The summed E-state index contributed by atoms with van der Waals surface area (Å²) in [5, 5.41) is 0. The van der Waals surface area contributed by atoms with Crippen LogP contribution in [0.4, 0.5) is 0 Å². The minimum Gasteiger partial charge on any atom is -0.383 e. The maximum absolute atomic E-state index is 6.02. The summed E-state index contributed by atoms with van der Waals surface area (Å²) in [5.41, 5.74) is 5.89. The van der Waals surface area contributed by atoms with E-state index in [2.05, 4.69) is 32.6 Å². The first-order chi connectivity index (χ1) is 6.40. The summed E-state index contributed by atoms with van der Waals surface area (Å²) < 4.78 is 5.10. The third-order valence-electron chi connectivity index (χ3n) is 2.41. The Morgan fingerprint density at radius 1 is 1.43 bits per heavy atom. The Balaban J connectivity index is 4.10. The van der Waals surface area contributed by atoms with Crippen molar-refractivity contribution >= 4 is 0 Å². The molecule has 0 aliphatic heterocycles. The standard InChI is InChI=1S/C11H26N2O/c1-6-10(2)13(7-8-14-5)9-11(3,4)12/h10H,6-9,12H2,1-5H3. The van der Waals surface area contributed by atoms with Gasteiger partial charge in [0.2, 0.25) is 0 Å². The van der Waals surface area contributed by atoms with Gasteiger partial charge in [0.1, 0.15) is 0 Å². The number of rotatable bonds is 7. The summed E-state index contributed by atoms with van der Waals surface area (Å²) >= 11 is 0. The van der Waals surface area contributed by atoms with Gasteiger partial charge in [-0.15, -0.1) is 0 Å². The first-order valence-electron chi connectivity index (χ1n) is 5.42. The molecule has 0 aliphatic carbocycles. The number of hydrogen-bond acceptors (Lipinski definition) is 3. The second-order valence-electron chi connectivity index (χ2n) is 4.71. The number of hydrogen-bond donors (Lipinski definition) is 1. The molecule has 0 radical (unpaired) electrons. The van der Waals surface area contributed by atoms with Crippen molar-refractivity contribution in [1.82, 2.24) is 4.90 Å². The Morgan fingerprint density at radius 2 is 2.00 bits per heavy atom. The molecule has 3 nitrogen and oxygen atoms in total. The lowest BCUT2D eigenvalue weighted by Gasteiger charge is -2.33. The maximum Gasteiger partial charge on any atom is 0.0589 e. The quantitative estimate of drug-likeness (QED) is 0.679. The van der Waals surface area contributed by atoms with Crippen LogP contribution in [-0.2, 0) is 4.74 Å². The van der Waals surface area contributed by atoms with Gasteiger partial charge in [0.05, 0.1) is 6.61 Å². The summed E-state index contributed by atoms with van der Waals surface area (Å²) in [6, 6.07) is 0.577. The van der Waals surface area contributed by atoms with Crippen molar-refractivity contribution in [3.05, 3.63) is 0 Å². The zero-order chi connectivity index (χ0) is 11.2. The van der Waals surface area contributed by atoms with Crippen LogP contribution in [0.1, 0.15) is 34.1 Å². The molecule has 0 aromatic rings. The molecule has 0 aromatic heterocycles. The fourth-order valence-corrected chi connectivity index (χ4v) is 1.45. The third kappa shape index (κ3) is 6.35. The molecule has 0 rings (SSSR count). The molecule has 0 amide bonds. The third-order valence-corrected chi connectivity index (χ3v) is 2.41. The molecule has 0 spiro atoms. The lowest BCUT2D eigenvalue weighted by atomic mass is 10.0.